The number of thioether (sulfide) groups is 1. The first-order valence-electron chi connectivity index (χ1n) is 10.2. The summed E-state index contributed by atoms with van der Waals surface area (Å²) in [6.07, 6.45) is 0. The molecule has 0 fully saturated rings. The van der Waals surface area contributed by atoms with Crippen LogP contribution in [-0.2, 0) is 14.6 Å². The van der Waals surface area contributed by atoms with Crippen LogP contribution in [0.3, 0.4) is 0 Å². The third-order valence-corrected chi connectivity index (χ3v) is 7.49. The first kappa shape index (κ1) is 22.8. The number of nitrogens with one attached hydrogen (secondary N) is 1. The Morgan fingerprint density at radius 1 is 0.939 bits per heavy atom. The molecule has 0 radical (unpaired) electrons. The van der Waals surface area contributed by atoms with Gasteiger partial charge in [-0.25, -0.2) is 8.42 Å². The number of rotatable bonds is 7. The number of hydrogen-bond acceptors (Lipinski definition) is 6. The van der Waals surface area contributed by atoms with Gasteiger partial charge in [0, 0.05) is 11.3 Å². The fraction of sp³-hybridized carbons (Fsp3) is 0.120. The summed E-state index contributed by atoms with van der Waals surface area (Å²) in [6, 6.07) is 22.9. The van der Waals surface area contributed by atoms with Gasteiger partial charge in [0.1, 0.15) is 0 Å². The van der Waals surface area contributed by atoms with Crippen molar-refractivity contribution < 1.29 is 17.6 Å². The molecule has 0 bridgehead atoms. The van der Waals surface area contributed by atoms with E-state index in [0.717, 1.165) is 22.9 Å². The number of carbonyl (C=O) groups is 1. The predicted molar refractivity (Wildman–Crippen MR) is 129 cm³/mol. The van der Waals surface area contributed by atoms with E-state index in [4.69, 9.17) is 4.42 Å². The third-order valence-electron chi connectivity index (χ3n) is 4.74. The molecule has 6 nitrogen and oxygen atoms in total. The zero-order valence-electron chi connectivity index (χ0n) is 18.1. The van der Waals surface area contributed by atoms with Gasteiger partial charge in [0.05, 0.1) is 10.6 Å². The topological polar surface area (TPSA) is 89.3 Å². The molecule has 4 aromatic rings. The van der Waals surface area contributed by atoms with Crippen molar-refractivity contribution in [3.8, 4) is 11.5 Å². The lowest BCUT2D eigenvalue weighted by Crippen LogP contribution is -2.14. The SMILES string of the molecule is Cc1cc(C)cc(NC(=O)CSc2oc(-c3ccccc3)nc2S(=O)(=O)c2ccccc2)c1. The summed E-state index contributed by atoms with van der Waals surface area (Å²) >= 11 is 0.999. The summed E-state index contributed by atoms with van der Waals surface area (Å²) in [4.78, 5) is 17.0. The van der Waals surface area contributed by atoms with Crippen molar-refractivity contribution in [1.82, 2.24) is 4.98 Å². The van der Waals surface area contributed by atoms with Crippen LogP contribution in [-0.4, -0.2) is 25.1 Å². The largest absolute Gasteiger partial charge is 0.428 e. The van der Waals surface area contributed by atoms with Gasteiger partial charge in [-0.1, -0.05) is 54.2 Å². The van der Waals surface area contributed by atoms with Gasteiger partial charge in [0.15, 0.2) is 0 Å². The second-order valence-electron chi connectivity index (χ2n) is 7.51. The Kier molecular flexibility index (Phi) is 6.67. The second-order valence-corrected chi connectivity index (χ2v) is 10.3. The monoisotopic (exact) mass is 478 g/mol. The molecule has 0 spiro atoms. The van der Waals surface area contributed by atoms with Gasteiger partial charge in [-0.2, -0.15) is 4.98 Å². The van der Waals surface area contributed by atoms with Crippen molar-refractivity contribution in [2.45, 2.75) is 28.9 Å². The maximum atomic E-state index is 13.3. The molecule has 33 heavy (non-hydrogen) atoms. The Bertz CT molecular complexity index is 1360. The van der Waals surface area contributed by atoms with E-state index in [-0.39, 0.29) is 32.6 Å². The van der Waals surface area contributed by atoms with Crippen molar-refractivity contribution in [2.24, 2.45) is 0 Å². The Hall–Kier alpha value is -3.36. The maximum absolute atomic E-state index is 13.3. The Morgan fingerprint density at radius 2 is 1.55 bits per heavy atom. The van der Waals surface area contributed by atoms with Crippen LogP contribution in [0.4, 0.5) is 5.69 Å². The zero-order chi connectivity index (χ0) is 23.4. The number of amides is 1. The predicted octanol–water partition coefficient (Wildman–Crippen LogP) is 5.52. The van der Waals surface area contributed by atoms with Gasteiger partial charge in [-0.15, -0.1) is 0 Å². The minimum atomic E-state index is -3.93. The fourth-order valence-electron chi connectivity index (χ4n) is 3.34. The number of carbonyl (C=O) groups excluding carboxylic acids is 1. The standard InChI is InChI=1S/C25H22N2O4S2/c1-17-13-18(2)15-20(14-17)26-22(28)16-32-25-24(33(29,30)21-11-7-4-8-12-21)27-23(31-25)19-9-5-3-6-10-19/h3-15H,16H2,1-2H3,(H,26,28). The summed E-state index contributed by atoms with van der Waals surface area (Å²) in [5.41, 5.74) is 3.42. The van der Waals surface area contributed by atoms with Crippen LogP contribution in [0.1, 0.15) is 11.1 Å². The van der Waals surface area contributed by atoms with Gasteiger partial charge in [-0.3, -0.25) is 4.79 Å². The van der Waals surface area contributed by atoms with Crippen LogP contribution in [0, 0.1) is 13.8 Å². The molecule has 1 N–H and O–H groups in total. The molecule has 0 unspecified atom stereocenters. The van der Waals surface area contributed by atoms with Crippen LogP contribution < -0.4 is 5.32 Å². The highest BCUT2D eigenvalue weighted by atomic mass is 32.2. The maximum Gasteiger partial charge on any atom is 0.234 e. The highest BCUT2D eigenvalue weighted by Crippen LogP contribution is 2.34. The van der Waals surface area contributed by atoms with E-state index in [1.807, 2.05) is 50.2 Å². The summed E-state index contributed by atoms with van der Waals surface area (Å²) < 4.78 is 32.4. The molecule has 0 aliphatic carbocycles. The highest BCUT2D eigenvalue weighted by Gasteiger charge is 2.29. The van der Waals surface area contributed by atoms with Gasteiger partial charge in [0.25, 0.3) is 0 Å². The number of hydrogen-bond donors (Lipinski definition) is 1. The lowest BCUT2D eigenvalue weighted by Gasteiger charge is -2.07. The van der Waals surface area contributed by atoms with Crippen molar-refractivity contribution in [2.75, 3.05) is 11.1 Å². The minimum Gasteiger partial charge on any atom is -0.428 e. The zero-order valence-corrected chi connectivity index (χ0v) is 19.7. The van der Waals surface area contributed by atoms with Gasteiger partial charge in [0.2, 0.25) is 31.8 Å². The molecule has 4 rings (SSSR count). The first-order valence-corrected chi connectivity index (χ1v) is 12.7. The average Bonchev–Trinajstić information content (AvgIpc) is 3.23. The Balaban J connectivity index is 1.62. The third kappa shape index (κ3) is 5.35. The van der Waals surface area contributed by atoms with E-state index < -0.39 is 9.84 Å². The smallest absolute Gasteiger partial charge is 0.234 e. The lowest BCUT2D eigenvalue weighted by atomic mass is 10.1. The van der Waals surface area contributed by atoms with E-state index in [1.165, 1.54) is 12.1 Å². The summed E-state index contributed by atoms with van der Waals surface area (Å²) in [5.74, 6) is -0.124. The number of anilines is 1. The fourth-order valence-corrected chi connectivity index (χ4v) is 5.69. The normalized spacial score (nSPS) is 11.3. The van der Waals surface area contributed by atoms with E-state index >= 15 is 0 Å². The minimum absolute atomic E-state index is 0.0340. The van der Waals surface area contributed by atoms with Gasteiger partial charge in [-0.05, 0) is 61.4 Å². The number of oxazole rings is 1. The quantitative estimate of drug-likeness (QED) is 0.352. The second kappa shape index (κ2) is 9.64. The van der Waals surface area contributed by atoms with E-state index in [0.29, 0.717) is 11.3 Å². The molecular formula is C25H22N2O4S2. The summed E-state index contributed by atoms with van der Waals surface area (Å²) in [5, 5.41) is 2.73. The number of sulfone groups is 1. The molecule has 0 saturated carbocycles. The number of aryl methyl sites for hydroxylation is 2. The molecule has 1 aromatic heterocycles. The van der Waals surface area contributed by atoms with Crippen molar-refractivity contribution in [3.05, 3.63) is 90.0 Å². The Labute approximate surface area is 197 Å². The number of aromatic nitrogens is 1. The molecule has 8 heteroatoms. The molecule has 0 atom stereocenters. The molecule has 0 saturated heterocycles. The molecule has 3 aromatic carbocycles. The van der Waals surface area contributed by atoms with Crippen LogP contribution >= 0.6 is 11.8 Å². The van der Waals surface area contributed by atoms with Crippen LogP contribution in [0.2, 0.25) is 0 Å². The van der Waals surface area contributed by atoms with Crippen molar-refractivity contribution in [3.63, 3.8) is 0 Å². The summed E-state index contributed by atoms with van der Waals surface area (Å²) in [6.45, 7) is 3.91. The molecule has 0 aliphatic heterocycles. The highest BCUT2D eigenvalue weighted by molar-refractivity contribution is 8.00. The molecule has 1 amide bonds. The Morgan fingerprint density at radius 3 is 2.18 bits per heavy atom. The molecule has 0 aliphatic rings. The van der Waals surface area contributed by atoms with E-state index in [2.05, 4.69) is 10.3 Å². The van der Waals surface area contributed by atoms with E-state index in [1.54, 1.807) is 30.3 Å². The summed E-state index contributed by atoms with van der Waals surface area (Å²) in [7, 11) is -3.93. The number of nitrogens with zero attached hydrogens (tertiary/aromatic N) is 1. The van der Waals surface area contributed by atoms with Crippen LogP contribution in [0.15, 0.2) is 98.3 Å². The van der Waals surface area contributed by atoms with E-state index in [9.17, 15) is 13.2 Å². The first-order chi connectivity index (χ1) is 15.8. The lowest BCUT2D eigenvalue weighted by molar-refractivity contribution is -0.113. The van der Waals surface area contributed by atoms with Crippen LogP contribution in [0.25, 0.3) is 11.5 Å². The van der Waals surface area contributed by atoms with Crippen molar-refractivity contribution in [1.29, 1.82) is 0 Å². The molecular weight excluding hydrogens is 456 g/mol. The average molecular weight is 479 g/mol. The van der Waals surface area contributed by atoms with Crippen molar-refractivity contribution >= 4 is 33.2 Å². The number of benzene rings is 3. The van der Waals surface area contributed by atoms with Gasteiger partial charge < -0.3 is 9.73 Å². The molecule has 168 valence electrons. The van der Waals surface area contributed by atoms with Crippen LogP contribution in [0.5, 0.6) is 0 Å². The molecule has 1 heterocycles. The van der Waals surface area contributed by atoms with Gasteiger partial charge >= 0.3 is 0 Å².